The lowest BCUT2D eigenvalue weighted by Gasteiger charge is -2.34. The topological polar surface area (TPSA) is 32.8 Å². The van der Waals surface area contributed by atoms with Gasteiger partial charge >= 0.3 is 0 Å². The standard InChI is InChI=1S/C16H23FN2O2/c1-18-8-6-13(7-9-18)19(2)11-15(20)12-4-5-16(21-3)14(17)10-12/h4-5,10,13H,6-9,11H2,1-3H3. The molecule has 4 nitrogen and oxygen atoms in total. The fourth-order valence-corrected chi connectivity index (χ4v) is 2.72. The summed E-state index contributed by atoms with van der Waals surface area (Å²) in [5.74, 6) is -0.390. The summed E-state index contributed by atoms with van der Waals surface area (Å²) >= 11 is 0. The number of methoxy groups -OCH3 is 1. The van der Waals surface area contributed by atoms with Crippen molar-refractivity contribution in [1.82, 2.24) is 9.80 Å². The average Bonchev–Trinajstić information content (AvgIpc) is 2.47. The van der Waals surface area contributed by atoms with Gasteiger partial charge in [0, 0.05) is 11.6 Å². The summed E-state index contributed by atoms with van der Waals surface area (Å²) in [6, 6.07) is 4.79. The molecule has 1 aromatic rings. The van der Waals surface area contributed by atoms with E-state index in [9.17, 15) is 9.18 Å². The first-order chi connectivity index (χ1) is 10.0. The van der Waals surface area contributed by atoms with E-state index in [-0.39, 0.29) is 11.5 Å². The summed E-state index contributed by atoms with van der Waals surface area (Å²) in [5.41, 5.74) is 0.396. The van der Waals surface area contributed by atoms with Crippen molar-refractivity contribution in [3.63, 3.8) is 0 Å². The second-order valence-corrected chi connectivity index (χ2v) is 5.72. The number of ether oxygens (including phenoxy) is 1. The predicted octanol–water partition coefficient (Wildman–Crippen LogP) is 2.04. The molecule has 1 fully saturated rings. The number of likely N-dealkylation sites (N-methyl/N-ethyl adjacent to an activating group) is 1. The maximum absolute atomic E-state index is 13.6. The minimum atomic E-state index is -0.495. The van der Waals surface area contributed by atoms with Crippen LogP contribution in [0.25, 0.3) is 0 Å². The summed E-state index contributed by atoms with van der Waals surface area (Å²) in [5, 5.41) is 0. The highest BCUT2D eigenvalue weighted by Gasteiger charge is 2.22. The minimum absolute atomic E-state index is 0.0574. The van der Waals surface area contributed by atoms with E-state index in [0.717, 1.165) is 25.9 Å². The van der Waals surface area contributed by atoms with E-state index < -0.39 is 5.82 Å². The molecule has 0 atom stereocenters. The Morgan fingerprint density at radius 2 is 2.10 bits per heavy atom. The molecule has 116 valence electrons. The zero-order valence-electron chi connectivity index (χ0n) is 12.9. The van der Waals surface area contributed by atoms with E-state index in [4.69, 9.17) is 4.74 Å². The summed E-state index contributed by atoms with van der Waals surface area (Å²) < 4.78 is 18.5. The fraction of sp³-hybridized carbons (Fsp3) is 0.562. The summed E-state index contributed by atoms with van der Waals surface area (Å²) in [4.78, 5) is 16.6. The number of ketones is 1. The van der Waals surface area contributed by atoms with E-state index >= 15 is 0 Å². The second kappa shape index (κ2) is 7.00. The van der Waals surface area contributed by atoms with Crippen molar-refractivity contribution in [3.8, 4) is 5.75 Å². The number of hydrogen-bond acceptors (Lipinski definition) is 4. The number of Topliss-reactive ketones (excluding diaryl/α,β-unsaturated/α-hetero) is 1. The first kappa shape index (κ1) is 15.9. The number of likely N-dealkylation sites (tertiary alicyclic amines) is 1. The third-order valence-electron chi connectivity index (χ3n) is 4.18. The molecular formula is C16H23FN2O2. The highest BCUT2D eigenvalue weighted by molar-refractivity contribution is 5.97. The Balaban J connectivity index is 1.96. The lowest BCUT2D eigenvalue weighted by molar-refractivity contribution is 0.0871. The van der Waals surface area contributed by atoms with Crippen molar-refractivity contribution in [2.45, 2.75) is 18.9 Å². The van der Waals surface area contributed by atoms with Crippen molar-refractivity contribution >= 4 is 5.78 Å². The van der Waals surface area contributed by atoms with Gasteiger partial charge in [0.05, 0.1) is 13.7 Å². The molecular weight excluding hydrogens is 271 g/mol. The Hall–Kier alpha value is -1.46. The molecule has 1 heterocycles. The lowest BCUT2D eigenvalue weighted by Crippen LogP contribution is -2.43. The predicted molar refractivity (Wildman–Crippen MR) is 80.4 cm³/mol. The number of rotatable bonds is 5. The smallest absolute Gasteiger partial charge is 0.176 e. The SMILES string of the molecule is COc1ccc(C(=O)CN(C)C2CCN(C)CC2)cc1F. The van der Waals surface area contributed by atoms with Crippen molar-refractivity contribution < 1.29 is 13.9 Å². The lowest BCUT2D eigenvalue weighted by atomic mass is 10.0. The molecule has 0 amide bonds. The average molecular weight is 294 g/mol. The van der Waals surface area contributed by atoms with E-state index in [1.165, 1.54) is 19.2 Å². The first-order valence-electron chi connectivity index (χ1n) is 7.26. The molecule has 1 saturated heterocycles. The molecule has 0 aliphatic carbocycles. The van der Waals surface area contributed by atoms with Crippen LogP contribution in [0.4, 0.5) is 4.39 Å². The van der Waals surface area contributed by atoms with Crippen LogP contribution in [0.2, 0.25) is 0 Å². The van der Waals surface area contributed by atoms with Crippen LogP contribution in [0.15, 0.2) is 18.2 Å². The maximum atomic E-state index is 13.6. The van der Waals surface area contributed by atoms with Crippen LogP contribution in [0, 0.1) is 5.82 Å². The number of halogens is 1. The van der Waals surface area contributed by atoms with E-state index in [1.54, 1.807) is 6.07 Å². The van der Waals surface area contributed by atoms with Crippen molar-refractivity contribution in [2.24, 2.45) is 0 Å². The number of carbonyl (C=O) groups is 1. The molecule has 0 bridgehead atoms. The van der Waals surface area contributed by atoms with Crippen molar-refractivity contribution in [2.75, 3.05) is 40.8 Å². The van der Waals surface area contributed by atoms with Gasteiger partial charge < -0.3 is 9.64 Å². The Labute approximate surface area is 125 Å². The first-order valence-corrected chi connectivity index (χ1v) is 7.26. The zero-order valence-corrected chi connectivity index (χ0v) is 12.9. The van der Waals surface area contributed by atoms with Gasteiger partial charge in [-0.25, -0.2) is 4.39 Å². The Morgan fingerprint density at radius 3 is 2.67 bits per heavy atom. The van der Waals surface area contributed by atoms with Crippen LogP contribution in [-0.4, -0.2) is 62.5 Å². The Bertz CT molecular complexity index is 499. The van der Waals surface area contributed by atoms with Gasteiger partial charge in [0.15, 0.2) is 17.3 Å². The molecule has 0 radical (unpaired) electrons. The fourth-order valence-electron chi connectivity index (χ4n) is 2.72. The quantitative estimate of drug-likeness (QED) is 0.778. The highest BCUT2D eigenvalue weighted by Crippen LogP contribution is 2.19. The van der Waals surface area contributed by atoms with Gasteiger partial charge in [-0.3, -0.25) is 9.69 Å². The number of piperidine rings is 1. The number of hydrogen-bond donors (Lipinski definition) is 0. The van der Waals surface area contributed by atoms with E-state index in [2.05, 4.69) is 16.8 Å². The van der Waals surface area contributed by atoms with Gasteiger partial charge in [0.1, 0.15) is 0 Å². The summed E-state index contributed by atoms with van der Waals surface area (Å²) in [6.07, 6.45) is 2.13. The van der Waals surface area contributed by atoms with Crippen LogP contribution in [0.3, 0.4) is 0 Å². The molecule has 0 saturated carbocycles. The second-order valence-electron chi connectivity index (χ2n) is 5.72. The molecule has 1 aliphatic rings. The maximum Gasteiger partial charge on any atom is 0.176 e. The molecule has 0 unspecified atom stereocenters. The molecule has 1 aromatic carbocycles. The van der Waals surface area contributed by atoms with E-state index in [0.29, 0.717) is 18.2 Å². The summed E-state index contributed by atoms with van der Waals surface area (Å²) in [7, 11) is 5.49. The highest BCUT2D eigenvalue weighted by atomic mass is 19.1. The van der Waals surface area contributed by atoms with Gasteiger partial charge in [-0.05, 0) is 58.2 Å². The molecule has 1 aliphatic heterocycles. The third-order valence-corrected chi connectivity index (χ3v) is 4.18. The van der Waals surface area contributed by atoms with Gasteiger partial charge in [-0.2, -0.15) is 0 Å². The monoisotopic (exact) mass is 294 g/mol. The van der Waals surface area contributed by atoms with Gasteiger partial charge in [-0.1, -0.05) is 0 Å². The van der Waals surface area contributed by atoms with Crippen LogP contribution in [0.5, 0.6) is 5.75 Å². The molecule has 2 rings (SSSR count). The normalized spacial score (nSPS) is 17.2. The van der Waals surface area contributed by atoms with E-state index in [1.807, 2.05) is 7.05 Å². The van der Waals surface area contributed by atoms with Gasteiger partial charge in [0.2, 0.25) is 0 Å². The molecule has 0 aromatic heterocycles. The molecule has 21 heavy (non-hydrogen) atoms. The summed E-state index contributed by atoms with van der Waals surface area (Å²) in [6.45, 7) is 2.43. The largest absolute Gasteiger partial charge is 0.494 e. The van der Waals surface area contributed by atoms with Crippen LogP contribution in [-0.2, 0) is 0 Å². The van der Waals surface area contributed by atoms with Crippen molar-refractivity contribution in [1.29, 1.82) is 0 Å². The Kier molecular flexibility index (Phi) is 5.31. The molecule has 0 N–H and O–H groups in total. The zero-order chi connectivity index (χ0) is 15.4. The number of carbonyl (C=O) groups excluding carboxylic acids is 1. The Morgan fingerprint density at radius 1 is 1.43 bits per heavy atom. The third kappa shape index (κ3) is 4.02. The number of nitrogens with zero attached hydrogens (tertiary/aromatic N) is 2. The molecule has 0 spiro atoms. The minimum Gasteiger partial charge on any atom is -0.494 e. The molecule has 5 heteroatoms. The van der Waals surface area contributed by atoms with Crippen LogP contribution >= 0.6 is 0 Å². The van der Waals surface area contributed by atoms with Crippen molar-refractivity contribution in [3.05, 3.63) is 29.6 Å². The number of benzene rings is 1. The van der Waals surface area contributed by atoms with Crippen LogP contribution in [0.1, 0.15) is 23.2 Å². The van der Waals surface area contributed by atoms with Gasteiger partial charge in [-0.15, -0.1) is 0 Å². The van der Waals surface area contributed by atoms with Crippen LogP contribution < -0.4 is 4.74 Å². The van der Waals surface area contributed by atoms with Gasteiger partial charge in [0.25, 0.3) is 0 Å².